The average Bonchev–Trinajstić information content (AvgIpc) is 2.82. The quantitative estimate of drug-likeness (QED) is 0.871. The maximum atomic E-state index is 11.9. The van der Waals surface area contributed by atoms with E-state index in [2.05, 4.69) is 10.3 Å². The lowest BCUT2D eigenvalue weighted by atomic mass is 10.1. The molecule has 0 unspecified atom stereocenters. The van der Waals surface area contributed by atoms with Gasteiger partial charge in [0.2, 0.25) is 5.91 Å². The van der Waals surface area contributed by atoms with Gasteiger partial charge in [0.25, 0.3) is 0 Å². The van der Waals surface area contributed by atoms with E-state index in [1.54, 1.807) is 16.8 Å². The van der Waals surface area contributed by atoms with E-state index in [4.69, 9.17) is 5.73 Å². The third kappa shape index (κ3) is 3.87. The van der Waals surface area contributed by atoms with Crippen LogP contribution >= 0.6 is 11.3 Å². The Morgan fingerprint density at radius 1 is 1.42 bits per heavy atom. The van der Waals surface area contributed by atoms with Gasteiger partial charge in [-0.2, -0.15) is 0 Å². The Labute approximate surface area is 116 Å². The highest BCUT2D eigenvalue weighted by Crippen LogP contribution is 2.11. The largest absolute Gasteiger partial charge is 0.350 e. The number of hydrogen-bond donors (Lipinski definition) is 2. The molecule has 1 amide bonds. The van der Waals surface area contributed by atoms with E-state index < -0.39 is 6.04 Å². The molecule has 0 aliphatic carbocycles. The molecular weight excluding hydrogens is 258 g/mol. The average molecular weight is 275 g/mol. The third-order valence-electron chi connectivity index (χ3n) is 2.90. The first kappa shape index (κ1) is 13.7. The number of benzene rings is 1. The van der Waals surface area contributed by atoms with Crippen molar-refractivity contribution in [3.8, 4) is 0 Å². The monoisotopic (exact) mass is 275 g/mol. The van der Waals surface area contributed by atoms with Crippen LogP contribution in [-0.4, -0.2) is 16.9 Å². The number of nitrogens with one attached hydrogen (secondary N) is 1. The number of nitrogens with two attached hydrogens (primary N) is 1. The zero-order chi connectivity index (χ0) is 13.7. The summed E-state index contributed by atoms with van der Waals surface area (Å²) in [6, 6.07) is 9.26. The van der Waals surface area contributed by atoms with Crippen molar-refractivity contribution in [1.29, 1.82) is 0 Å². The second-order valence-electron chi connectivity index (χ2n) is 4.37. The van der Waals surface area contributed by atoms with Gasteiger partial charge in [0.1, 0.15) is 0 Å². The van der Waals surface area contributed by atoms with E-state index in [9.17, 15) is 4.79 Å². The van der Waals surface area contributed by atoms with Gasteiger partial charge in [-0.1, -0.05) is 30.3 Å². The predicted octanol–water partition coefficient (Wildman–Crippen LogP) is 1.64. The summed E-state index contributed by atoms with van der Waals surface area (Å²) in [4.78, 5) is 17.1. The zero-order valence-corrected chi connectivity index (χ0v) is 11.6. The topological polar surface area (TPSA) is 68.0 Å². The summed E-state index contributed by atoms with van der Waals surface area (Å²) in [7, 11) is 0. The smallest absolute Gasteiger partial charge is 0.237 e. The lowest BCUT2D eigenvalue weighted by Gasteiger charge is -2.12. The van der Waals surface area contributed by atoms with Gasteiger partial charge in [-0.25, -0.2) is 4.98 Å². The minimum absolute atomic E-state index is 0.128. The van der Waals surface area contributed by atoms with Gasteiger partial charge in [0.15, 0.2) is 0 Å². The molecule has 5 heteroatoms. The van der Waals surface area contributed by atoms with E-state index in [0.717, 1.165) is 16.1 Å². The summed E-state index contributed by atoms with van der Waals surface area (Å²) < 4.78 is 0. The van der Waals surface area contributed by atoms with E-state index in [-0.39, 0.29) is 5.91 Å². The van der Waals surface area contributed by atoms with Gasteiger partial charge >= 0.3 is 0 Å². The molecule has 0 aliphatic rings. The van der Waals surface area contributed by atoms with Crippen molar-refractivity contribution in [3.63, 3.8) is 0 Å². The summed E-state index contributed by atoms with van der Waals surface area (Å²) in [5.74, 6) is -0.128. The van der Waals surface area contributed by atoms with Gasteiger partial charge in [0.05, 0.1) is 23.8 Å². The standard InChI is InChI=1S/C14H17N3OS/c1-10-13(19-9-17-10)8-16-14(18)12(15)7-11-5-3-2-4-6-11/h2-6,9,12H,7-8,15H2,1H3,(H,16,18)/t12-/m1/s1. The third-order valence-corrected chi connectivity index (χ3v) is 3.84. The fourth-order valence-electron chi connectivity index (χ4n) is 1.76. The molecule has 0 radical (unpaired) electrons. The molecule has 1 atom stereocenters. The maximum Gasteiger partial charge on any atom is 0.237 e. The molecule has 1 aromatic carbocycles. The van der Waals surface area contributed by atoms with Crippen molar-refractivity contribution in [2.45, 2.75) is 25.9 Å². The Morgan fingerprint density at radius 3 is 2.79 bits per heavy atom. The molecule has 2 aromatic rings. The molecule has 0 saturated carbocycles. The zero-order valence-electron chi connectivity index (χ0n) is 10.8. The number of aryl methyl sites for hydroxylation is 1. The van der Waals surface area contributed by atoms with Crippen molar-refractivity contribution < 1.29 is 4.79 Å². The van der Waals surface area contributed by atoms with Crippen molar-refractivity contribution in [1.82, 2.24) is 10.3 Å². The van der Waals surface area contributed by atoms with Gasteiger partial charge in [-0.15, -0.1) is 11.3 Å². The number of carbonyl (C=O) groups is 1. The van der Waals surface area contributed by atoms with Crippen LogP contribution in [0.4, 0.5) is 0 Å². The highest BCUT2D eigenvalue weighted by molar-refractivity contribution is 7.09. The highest BCUT2D eigenvalue weighted by Gasteiger charge is 2.14. The molecule has 100 valence electrons. The van der Waals surface area contributed by atoms with Crippen molar-refractivity contribution >= 4 is 17.2 Å². The molecule has 2 rings (SSSR count). The number of aromatic nitrogens is 1. The second kappa shape index (κ2) is 6.45. The van der Waals surface area contributed by atoms with Crippen LogP contribution in [0.1, 0.15) is 16.1 Å². The van der Waals surface area contributed by atoms with E-state index in [0.29, 0.717) is 13.0 Å². The van der Waals surface area contributed by atoms with Crippen LogP contribution in [0, 0.1) is 6.92 Å². The molecule has 1 heterocycles. The summed E-state index contributed by atoms with van der Waals surface area (Å²) in [5.41, 5.74) is 9.71. The number of thiazole rings is 1. The fourth-order valence-corrected chi connectivity index (χ4v) is 2.47. The first-order valence-electron chi connectivity index (χ1n) is 6.13. The van der Waals surface area contributed by atoms with Crippen LogP contribution in [-0.2, 0) is 17.8 Å². The molecule has 0 saturated heterocycles. The normalized spacial score (nSPS) is 12.1. The van der Waals surface area contributed by atoms with Gasteiger partial charge in [-0.3, -0.25) is 4.79 Å². The fraction of sp³-hybridized carbons (Fsp3) is 0.286. The van der Waals surface area contributed by atoms with Crippen molar-refractivity contribution in [3.05, 3.63) is 52.0 Å². The molecule has 3 N–H and O–H groups in total. The highest BCUT2D eigenvalue weighted by atomic mass is 32.1. The van der Waals surface area contributed by atoms with E-state index >= 15 is 0 Å². The first-order chi connectivity index (χ1) is 9.16. The van der Waals surface area contributed by atoms with Crippen LogP contribution in [0.25, 0.3) is 0 Å². The Balaban J connectivity index is 1.84. The SMILES string of the molecule is Cc1ncsc1CNC(=O)[C@H](N)Cc1ccccc1. The van der Waals surface area contributed by atoms with Gasteiger partial charge in [-0.05, 0) is 18.9 Å². The lowest BCUT2D eigenvalue weighted by Crippen LogP contribution is -2.41. The molecule has 1 aromatic heterocycles. The van der Waals surface area contributed by atoms with Gasteiger partial charge < -0.3 is 11.1 Å². The number of nitrogens with zero attached hydrogens (tertiary/aromatic N) is 1. The minimum Gasteiger partial charge on any atom is -0.350 e. The molecule has 4 nitrogen and oxygen atoms in total. The Bertz CT molecular complexity index is 539. The maximum absolute atomic E-state index is 11.9. The van der Waals surface area contributed by atoms with Crippen LogP contribution in [0.3, 0.4) is 0 Å². The second-order valence-corrected chi connectivity index (χ2v) is 5.31. The van der Waals surface area contributed by atoms with Crippen LogP contribution < -0.4 is 11.1 Å². The van der Waals surface area contributed by atoms with Crippen LogP contribution in [0.5, 0.6) is 0 Å². The van der Waals surface area contributed by atoms with E-state index in [1.165, 1.54) is 0 Å². The number of carbonyl (C=O) groups excluding carboxylic acids is 1. The van der Waals surface area contributed by atoms with Crippen molar-refractivity contribution in [2.75, 3.05) is 0 Å². The minimum atomic E-state index is -0.518. The molecular formula is C14H17N3OS. The molecule has 0 fully saturated rings. The summed E-state index contributed by atoms with van der Waals surface area (Å²) >= 11 is 1.54. The number of rotatable bonds is 5. The molecule has 0 bridgehead atoms. The first-order valence-corrected chi connectivity index (χ1v) is 7.01. The van der Waals surface area contributed by atoms with Gasteiger partial charge in [0, 0.05) is 4.88 Å². The molecule has 0 spiro atoms. The van der Waals surface area contributed by atoms with Crippen LogP contribution in [0.2, 0.25) is 0 Å². The Kier molecular flexibility index (Phi) is 4.65. The summed E-state index contributed by atoms with van der Waals surface area (Å²) in [6.45, 7) is 2.43. The number of amides is 1. The molecule has 19 heavy (non-hydrogen) atoms. The summed E-state index contributed by atoms with van der Waals surface area (Å²) in [5, 5.41) is 2.85. The van der Waals surface area contributed by atoms with E-state index in [1.807, 2.05) is 37.3 Å². The lowest BCUT2D eigenvalue weighted by molar-refractivity contribution is -0.122. The molecule has 0 aliphatic heterocycles. The van der Waals surface area contributed by atoms with Crippen molar-refractivity contribution in [2.24, 2.45) is 5.73 Å². The van der Waals surface area contributed by atoms with Crippen LogP contribution in [0.15, 0.2) is 35.8 Å². The Hall–Kier alpha value is -1.72. The Morgan fingerprint density at radius 2 is 2.16 bits per heavy atom. The number of hydrogen-bond acceptors (Lipinski definition) is 4. The predicted molar refractivity (Wildman–Crippen MR) is 76.8 cm³/mol. The summed E-state index contributed by atoms with van der Waals surface area (Å²) in [6.07, 6.45) is 0.550.